The Kier molecular flexibility index (Phi) is 4.11. The number of benzene rings is 1. The van der Waals surface area contributed by atoms with Gasteiger partial charge in [-0.1, -0.05) is 17.7 Å². The summed E-state index contributed by atoms with van der Waals surface area (Å²) in [7, 11) is -3.71. The molecular weight excluding hydrogens is 286 g/mol. The molecule has 1 heterocycles. The second kappa shape index (κ2) is 5.47. The summed E-state index contributed by atoms with van der Waals surface area (Å²) in [5.74, 6) is 0. The monoisotopic (exact) mass is 299 g/mol. The molecule has 1 aromatic rings. The Morgan fingerprint density at radius 2 is 2.21 bits per heavy atom. The molecule has 2 N–H and O–H groups in total. The van der Waals surface area contributed by atoms with E-state index in [1.807, 2.05) is 6.07 Å². The van der Waals surface area contributed by atoms with Crippen LogP contribution in [0.15, 0.2) is 23.1 Å². The number of sulfonamides is 1. The van der Waals surface area contributed by atoms with Crippen molar-refractivity contribution in [2.75, 3.05) is 13.1 Å². The number of rotatable bonds is 2. The molecule has 0 saturated carbocycles. The van der Waals surface area contributed by atoms with Crippen molar-refractivity contribution < 1.29 is 8.42 Å². The van der Waals surface area contributed by atoms with Crippen molar-refractivity contribution in [3.8, 4) is 6.07 Å². The van der Waals surface area contributed by atoms with Crippen LogP contribution in [0, 0.1) is 11.3 Å². The first-order chi connectivity index (χ1) is 8.96. The van der Waals surface area contributed by atoms with Gasteiger partial charge in [-0.25, -0.2) is 8.42 Å². The highest BCUT2D eigenvalue weighted by Gasteiger charge is 2.31. The van der Waals surface area contributed by atoms with Crippen molar-refractivity contribution in [3.63, 3.8) is 0 Å². The zero-order valence-electron chi connectivity index (χ0n) is 10.2. The number of piperidine rings is 1. The zero-order valence-corrected chi connectivity index (χ0v) is 11.8. The van der Waals surface area contributed by atoms with E-state index in [-0.39, 0.29) is 28.1 Å². The number of hydrogen-bond acceptors (Lipinski definition) is 4. The van der Waals surface area contributed by atoms with Gasteiger partial charge in [0.25, 0.3) is 0 Å². The van der Waals surface area contributed by atoms with Crippen LogP contribution in [0.2, 0.25) is 5.02 Å². The number of hydrogen-bond donors (Lipinski definition) is 1. The minimum absolute atomic E-state index is 0.0108. The second-order valence-corrected chi connectivity index (χ2v) is 6.80. The van der Waals surface area contributed by atoms with E-state index >= 15 is 0 Å². The fourth-order valence-electron chi connectivity index (χ4n) is 2.16. The molecule has 1 unspecified atom stereocenters. The summed E-state index contributed by atoms with van der Waals surface area (Å²) in [5, 5.41) is 9.21. The number of halogens is 1. The fourth-order valence-corrected chi connectivity index (χ4v) is 4.13. The van der Waals surface area contributed by atoms with Gasteiger partial charge in [0.1, 0.15) is 11.0 Å². The molecule has 1 saturated heterocycles. The molecule has 1 aliphatic rings. The van der Waals surface area contributed by atoms with Crippen LogP contribution in [0.3, 0.4) is 0 Å². The van der Waals surface area contributed by atoms with E-state index in [0.717, 1.165) is 12.8 Å². The van der Waals surface area contributed by atoms with Gasteiger partial charge in [0.15, 0.2) is 0 Å². The highest BCUT2D eigenvalue weighted by atomic mass is 35.5. The zero-order chi connectivity index (χ0) is 14.0. The summed E-state index contributed by atoms with van der Waals surface area (Å²) in [6.07, 6.45) is 1.54. The van der Waals surface area contributed by atoms with Crippen LogP contribution in [0.4, 0.5) is 0 Å². The Bertz CT molecular complexity index is 624. The number of nitriles is 1. The van der Waals surface area contributed by atoms with Gasteiger partial charge in [0.05, 0.1) is 10.6 Å². The Morgan fingerprint density at radius 1 is 1.47 bits per heavy atom. The van der Waals surface area contributed by atoms with Crippen LogP contribution in [0.5, 0.6) is 0 Å². The van der Waals surface area contributed by atoms with Gasteiger partial charge in [0, 0.05) is 19.1 Å². The second-order valence-electron chi connectivity index (χ2n) is 4.49. The average molecular weight is 300 g/mol. The Morgan fingerprint density at radius 3 is 2.84 bits per heavy atom. The topological polar surface area (TPSA) is 87.2 Å². The third-order valence-corrected chi connectivity index (χ3v) is 5.35. The van der Waals surface area contributed by atoms with E-state index in [1.165, 1.54) is 22.5 Å². The lowest BCUT2D eigenvalue weighted by Crippen LogP contribution is -2.45. The van der Waals surface area contributed by atoms with Crippen LogP contribution < -0.4 is 5.73 Å². The van der Waals surface area contributed by atoms with Gasteiger partial charge in [0.2, 0.25) is 10.0 Å². The van der Waals surface area contributed by atoms with Crippen LogP contribution in [-0.4, -0.2) is 31.9 Å². The number of nitrogens with zero attached hydrogens (tertiary/aromatic N) is 2. The highest BCUT2D eigenvalue weighted by molar-refractivity contribution is 7.89. The summed E-state index contributed by atoms with van der Waals surface area (Å²) in [6.45, 7) is 0.702. The first-order valence-electron chi connectivity index (χ1n) is 5.91. The first-order valence-corrected chi connectivity index (χ1v) is 7.73. The summed E-state index contributed by atoms with van der Waals surface area (Å²) in [5.41, 5.74) is 5.79. The molecule has 0 aliphatic carbocycles. The molecule has 19 heavy (non-hydrogen) atoms. The molecule has 1 aliphatic heterocycles. The third-order valence-electron chi connectivity index (χ3n) is 3.13. The average Bonchev–Trinajstić information content (AvgIpc) is 2.38. The first kappa shape index (κ1) is 14.3. The van der Waals surface area contributed by atoms with E-state index < -0.39 is 10.0 Å². The molecule has 102 valence electrons. The van der Waals surface area contributed by atoms with Crippen LogP contribution in [0.25, 0.3) is 0 Å². The molecule has 0 radical (unpaired) electrons. The minimum atomic E-state index is -3.71. The maximum absolute atomic E-state index is 12.5. The lowest BCUT2D eigenvalue weighted by Gasteiger charge is -2.30. The lowest BCUT2D eigenvalue weighted by atomic mass is 10.1. The molecule has 0 bridgehead atoms. The van der Waals surface area contributed by atoms with Crippen molar-refractivity contribution in [3.05, 3.63) is 28.8 Å². The van der Waals surface area contributed by atoms with Crippen molar-refractivity contribution in [2.45, 2.75) is 23.8 Å². The molecule has 1 fully saturated rings. The summed E-state index contributed by atoms with van der Waals surface area (Å²) < 4.78 is 26.4. The smallest absolute Gasteiger partial charge is 0.244 e. The van der Waals surface area contributed by atoms with Crippen LogP contribution >= 0.6 is 11.6 Å². The van der Waals surface area contributed by atoms with E-state index in [1.54, 1.807) is 0 Å². The van der Waals surface area contributed by atoms with Crippen LogP contribution in [-0.2, 0) is 10.0 Å². The maximum Gasteiger partial charge on any atom is 0.244 e. The SMILES string of the molecule is N#Cc1c(Cl)cccc1S(=O)(=O)N1CCCC(N)C1. The lowest BCUT2D eigenvalue weighted by molar-refractivity contribution is 0.316. The number of nitrogens with two attached hydrogens (primary N) is 1. The van der Waals surface area contributed by atoms with Gasteiger partial charge in [-0.3, -0.25) is 0 Å². The van der Waals surface area contributed by atoms with Crippen molar-refractivity contribution in [2.24, 2.45) is 5.73 Å². The molecule has 7 heteroatoms. The van der Waals surface area contributed by atoms with Gasteiger partial charge < -0.3 is 5.73 Å². The maximum atomic E-state index is 12.5. The van der Waals surface area contributed by atoms with E-state index in [2.05, 4.69) is 0 Å². The summed E-state index contributed by atoms with van der Waals surface area (Å²) in [6, 6.07) is 6.12. The predicted molar refractivity (Wildman–Crippen MR) is 72.1 cm³/mol. The molecule has 0 amide bonds. The van der Waals surface area contributed by atoms with Crippen molar-refractivity contribution >= 4 is 21.6 Å². The fraction of sp³-hybridized carbons (Fsp3) is 0.417. The normalized spacial score (nSPS) is 21.0. The largest absolute Gasteiger partial charge is 0.327 e. The third kappa shape index (κ3) is 2.74. The van der Waals surface area contributed by atoms with E-state index in [0.29, 0.717) is 6.54 Å². The Hall–Kier alpha value is -1.13. The van der Waals surface area contributed by atoms with Crippen molar-refractivity contribution in [1.29, 1.82) is 5.26 Å². The summed E-state index contributed by atoms with van der Waals surface area (Å²) in [4.78, 5) is -0.0448. The molecular formula is C12H14ClN3O2S. The van der Waals surface area contributed by atoms with E-state index in [9.17, 15) is 8.42 Å². The van der Waals surface area contributed by atoms with Gasteiger partial charge in [-0.05, 0) is 25.0 Å². The molecule has 0 spiro atoms. The van der Waals surface area contributed by atoms with Gasteiger partial charge >= 0.3 is 0 Å². The van der Waals surface area contributed by atoms with E-state index in [4.69, 9.17) is 22.6 Å². The minimum Gasteiger partial charge on any atom is -0.327 e. The molecule has 0 aromatic heterocycles. The van der Waals surface area contributed by atoms with Gasteiger partial charge in [-0.2, -0.15) is 9.57 Å². The molecule has 2 rings (SSSR count). The van der Waals surface area contributed by atoms with Gasteiger partial charge in [-0.15, -0.1) is 0 Å². The quantitative estimate of drug-likeness (QED) is 0.892. The molecule has 1 atom stereocenters. The predicted octanol–water partition coefficient (Wildman–Crippen LogP) is 1.32. The Balaban J connectivity index is 2.46. The highest BCUT2D eigenvalue weighted by Crippen LogP contribution is 2.27. The van der Waals surface area contributed by atoms with Crippen LogP contribution in [0.1, 0.15) is 18.4 Å². The molecule has 1 aromatic carbocycles. The summed E-state index contributed by atoms with van der Waals surface area (Å²) >= 11 is 5.87. The standard InChI is InChI=1S/C12H14ClN3O2S/c13-11-4-1-5-12(10(11)7-14)19(17,18)16-6-2-3-9(15)8-16/h1,4-5,9H,2-3,6,8,15H2. The van der Waals surface area contributed by atoms with Crippen molar-refractivity contribution in [1.82, 2.24) is 4.31 Å². The Labute approximate surface area is 117 Å². The molecule has 5 nitrogen and oxygen atoms in total.